The smallest absolute Gasteiger partial charge is 0.349 e. The second-order valence-electron chi connectivity index (χ2n) is 6.86. The molecule has 30 heavy (non-hydrogen) atoms. The number of carbonyl (C=O) groups excluding carboxylic acids is 1. The summed E-state index contributed by atoms with van der Waals surface area (Å²) in [7, 11) is 1.60. The molecule has 4 rings (SSSR count). The summed E-state index contributed by atoms with van der Waals surface area (Å²) in [5.41, 5.74) is 1.25. The predicted molar refractivity (Wildman–Crippen MR) is 108 cm³/mol. The van der Waals surface area contributed by atoms with E-state index in [1.165, 1.54) is 17.0 Å². The average Bonchev–Trinajstić information content (AvgIpc) is 3.32. The maximum absolute atomic E-state index is 13.8. The largest absolute Gasteiger partial charge is 0.448 e. The molecule has 0 aliphatic carbocycles. The third-order valence-electron chi connectivity index (χ3n) is 4.70. The van der Waals surface area contributed by atoms with Gasteiger partial charge in [-0.2, -0.15) is 4.98 Å². The van der Waals surface area contributed by atoms with Crippen LogP contribution in [0.5, 0.6) is 0 Å². The van der Waals surface area contributed by atoms with Crippen LogP contribution in [0.25, 0.3) is 21.6 Å². The lowest BCUT2D eigenvalue weighted by Crippen LogP contribution is -2.17. The number of hydrogen-bond donors (Lipinski definition) is 0. The Bertz CT molecular complexity index is 1340. The van der Waals surface area contributed by atoms with Gasteiger partial charge in [0.15, 0.2) is 6.10 Å². The summed E-state index contributed by atoms with van der Waals surface area (Å²) in [6, 6.07) is 4.61. The van der Waals surface area contributed by atoms with Gasteiger partial charge in [0.05, 0.1) is 11.7 Å². The summed E-state index contributed by atoms with van der Waals surface area (Å²) in [5.74, 6) is -0.728. The molecule has 3 heterocycles. The summed E-state index contributed by atoms with van der Waals surface area (Å²) in [6.45, 7) is 4.92. The van der Waals surface area contributed by atoms with Crippen molar-refractivity contribution in [2.45, 2.75) is 26.9 Å². The van der Waals surface area contributed by atoms with Crippen molar-refractivity contribution in [2.75, 3.05) is 0 Å². The van der Waals surface area contributed by atoms with Gasteiger partial charge < -0.3 is 13.8 Å². The van der Waals surface area contributed by atoms with E-state index in [1.54, 1.807) is 40.0 Å². The van der Waals surface area contributed by atoms with Crippen LogP contribution in [0, 0.1) is 19.7 Å². The Morgan fingerprint density at radius 3 is 2.83 bits per heavy atom. The summed E-state index contributed by atoms with van der Waals surface area (Å²) in [6.07, 6.45) is 0.570. The highest BCUT2D eigenvalue weighted by molar-refractivity contribution is 7.20. The van der Waals surface area contributed by atoms with Gasteiger partial charge in [0, 0.05) is 12.6 Å². The van der Waals surface area contributed by atoms with Crippen molar-refractivity contribution in [1.82, 2.24) is 19.7 Å². The Balaban J connectivity index is 1.57. The van der Waals surface area contributed by atoms with Crippen LogP contribution < -0.4 is 5.56 Å². The van der Waals surface area contributed by atoms with Crippen molar-refractivity contribution in [3.05, 3.63) is 62.6 Å². The molecular formula is C20H17FN4O4S. The summed E-state index contributed by atoms with van der Waals surface area (Å²) in [4.78, 5) is 34.2. The van der Waals surface area contributed by atoms with E-state index in [2.05, 4.69) is 15.1 Å². The molecule has 0 N–H and O–H groups in total. The molecule has 4 aromatic rings. The molecule has 1 atom stereocenters. The van der Waals surface area contributed by atoms with Crippen molar-refractivity contribution in [1.29, 1.82) is 0 Å². The van der Waals surface area contributed by atoms with Gasteiger partial charge >= 0.3 is 5.97 Å². The normalized spacial score (nSPS) is 12.3. The first-order valence-corrected chi connectivity index (χ1v) is 9.83. The van der Waals surface area contributed by atoms with Crippen LogP contribution in [0.1, 0.15) is 39.7 Å². The quantitative estimate of drug-likeness (QED) is 0.457. The zero-order valence-electron chi connectivity index (χ0n) is 16.6. The minimum atomic E-state index is -0.838. The molecule has 1 unspecified atom stereocenters. The number of nitrogens with zero attached hydrogens (tertiary/aromatic N) is 4. The molecule has 0 saturated heterocycles. The molecule has 0 saturated carbocycles. The van der Waals surface area contributed by atoms with Gasteiger partial charge in [-0.15, -0.1) is 11.3 Å². The summed E-state index contributed by atoms with van der Waals surface area (Å²) >= 11 is 1.09. The molecule has 154 valence electrons. The molecule has 0 radical (unpaired) electrons. The van der Waals surface area contributed by atoms with Crippen molar-refractivity contribution >= 4 is 27.5 Å². The van der Waals surface area contributed by atoms with E-state index in [0.717, 1.165) is 11.3 Å². The van der Waals surface area contributed by atoms with Gasteiger partial charge in [0.1, 0.15) is 15.5 Å². The number of rotatable bonds is 4. The van der Waals surface area contributed by atoms with Gasteiger partial charge in [0.25, 0.3) is 11.4 Å². The lowest BCUT2D eigenvalue weighted by atomic mass is 10.1. The molecule has 3 aromatic heterocycles. The molecular weight excluding hydrogens is 411 g/mol. The monoisotopic (exact) mass is 428 g/mol. The van der Waals surface area contributed by atoms with Gasteiger partial charge in [-0.05, 0) is 38.0 Å². The van der Waals surface area contributed by atoms with Gasteiger partial charge in [-0.1, -0.05) is 17.3 Å². The van der Waals surface area contributed by atoms with E-state index in [4.69, 9.17) is 9.26 Å². The predicted octanol–water partition coefficient (Wildman–Crippen LogP) is 3.72. The molecule has 0 bridgehead atoms. The Kier molecular flexibility index (Phi) is 4.94. The standard InChI is InChI=1S/C20H17FN4O4S/c1-9-5-6-12(7-13(9)21)16-23-17(29-24-16)11(3)28-20(27)15-10(2)14-18(30-15)22-8-25(4)19(14)26/h5-8,11H,1-4H3. The number of hydrogen-bond acceptors (Lipinski definition) is 8. The maximum atomic E-state index is 13.8. The molecule has 1 aromatic carbocycles. The fraction of sp³-hybridized carbons (Fsp3) is 0.250. The van der Waals surface area contributed by atoms with Crippen molar-refractivity contribution in [2.24, 2.45) is 7.05 Å². The molecule has 10 heteroatoms. The first-order chi connectivity index (χ1) is 14.3. The van der Waals surface area contributed by atoms with Gasteiger partial charge in [-0.25, -0.2) is 14.2 Å². The zero-order valence-corrected chi connectivity index (χ0v) is 17.4. The van der Waals surface area contributed by atoms with E-state index in [0.29, 0.717) is 26.9 Å². The number of esters is 1. The Morgan fingerprint density at radius 2 is 2.10 bits per heavy atom. The van der Waals surface area contributed by atoms with Crippen LogP contribution >= 0.6 is 11.3 Å². The number of fused-ring (bicyclic) bond motifs is 1. The van der Waals surface area contributed by atoms with E-state index in [1.807, 2.05) is 0 Å². The second-order valence-corrected chi connectivity index (χ2v) is 7.86. The Morgan fingerprint density at radius 1 is 1.33 bits per heavy atom. The van der Waals surface area contributed by atoms with E-state index in [9.17, 15) is 14.0 Å². The number of halogens is 1. The number of aromatic nitrogens is 4. The van der Waals surface area contributed by atoms with Crippen LogP contribution in [0.4, 0.5) is 4.39 Å². The van der Waals surface area contributed by atoms with Crippen LogP contribution in [-0.2, 0) is 11.8 Å². The minimum Gasteiger partial charge on any atom is -0.448 e. The highest BCUT2D eigenvalue weighted by Crippen LogP contribution is 2.29. The van der Waals surface area contributed by atoms with E-state index >= 15 is 0 Å². The van der Waals surface area contributed by atoms with E-state index < -0.39 is 12.1 Å². The third kappa shape index (κ3) is 3.39. The zero-order chi connectivity index (χ0) is 21.6. The number of carbonyl (C=O) groups is 1. The molecule has 0 fully saturated rings. The number of aryl methyl sites for hydroxylation is 3. The van der Waals surface area contributed by atoms with Crippen LogP contribution in [0.15, 0.2) is 33.8 Å². The van der Waals surface area contributed by atoms with Crippen molar-refractivity contribution in [3.63, 3.8) is 0 Å². The fourth-order valence-electron chi connectivity index (χ4n) is 2.92. The lowest BCUT2D eigenvalue weighted by molar-refractivity contribution is 0.0270. The molecule has 0 spiro atoms. The Hall–Kier alpha value is -3.40. The summed E-state index contributed by atoms with van der Waals surface area (Å²) < 4.78 is 25.8. The van der Waals surface area contributed by atoms with E-state index in [-0.39, 0.29) is 28.0 Å². The average molecular weight is 428 g/mol. The number of benzene rings is 1. The van der Waals surface area contributed by atoms with Crippen molar-refractivity contribution in [3.8, 4) is 11.4 Å². The van der Waals surface area contributed by atoms with Gasteiger partial charge in [0.2, 0.25) is 5.82 Å². The first-order valence-electron chi connectivity index (χ1n) is 9.02. The highest BCUT2D eigenvalue weighted by Gasteiger charge is 2.25. The topological polar surface area (TPSA) is 100 Å². The molecule has 8 nitrogen and oxygen atoms in total. The van der Waals surface area contributed by atoms with Crippen molar-refractivity contribution < 1.29 is 18.4 Å². The SMILES string of the molecule is Cc1ccc(-c2noc(C(C)OC(=O)c3sc4ncn(C)c(=O)c4c3C)n2)cc1F. The van der Waals surface area contributed by atoms with Crippen LogP contribution in [0.3, 0.4) is 0 Å². The third-order valence-corrected chi connectivity index (χ3v) is 5.88. The fourth-order valence-corrected chi connectivity index (χ4v) is 3.94. The lowest BCUT2D eigenvalue weighted by Gasteiger charge is -2.08. The van der Waals surface area contributed by atoms with Crippen LogP contribution in [0.2, 0.25) is 0 Å². The number of thiophene rings is 1. The maximum Gasteiger partial charge on any atom is 0.349 e. The molecule has 0 aliphatic heterocycles. The van der Waals surface area contributed by atoms with Crippen LogP contribution in [-0.4, -0.2) is 25.7 Å². The second kappa shape index (κ2) is 7.45. The van der Waals surface area contributed by atoms with Gasteiger partial charge in [-0.3, -0.25) is 4.79 Å². The molecule has 0 amide bonds. The number of ether oxygens (including phenoxy) is 1. The Labute approximate surface area is 173 Å². The molecule has 0 aliphatic rings. The first kappa shape index (κ1) is 19.9. The highest BCUT2D eigenvalue weighted by atomic mass is 32.1. The summed E-state index contributed by atoms with van der Waals surface area (Å²) in [5, 5.41) is 4.23. The minimum absolute atomic E-state index is 0.0761.